The van der Waals surface area contributed by atoms with Crippen molar-refractivity contribution in [2.24, 2.45) is 0 Å². The summed E-state index contributed by atoms with van der Waals surface area (Å²) in [6, 6.07) is 54.3. The molecule has 3 aliphatic rings. The van der Waals surface area contributed by atoms with Crippen LogP contribution in [0.4, 0.5) is 34.1 Å². The lowest BCUT2D eigenvalue weighted by Gasteiger charge is -2.41. The highest BCUT2D eigenvalue weighted by Gasteiger charge is 2.51. The first-order valence-corrected chi connectivity index (χ1v) is 18.8. The highest BCUT2D eigenvalue weighted by molar-refractivity contribution is 7.27. The number of hydrogen-bond acceptors (Lipinski definition) is 4. The molecule has 0 unspecified atom stereocenters. The predicted molar refractivity (Wildman–Crippen MR) is 217 cm³/mol. The Kier molecular flexibility index (Phi) is 4.72. The first-order chi connectivity index (χ1) is 24.8. The molecule has 0 aliphatic carbocycles. The van der Waals surface area contributed by atoms with E-state index in [1.165, 1.54) is 108 Å². The molecule has 3 nitrogen and oxygen atoms in total. The molecule has 0 radical (unpaired) electrons. The molecule has 0 spiro atoms. The number of aromatic nitrogens is 1. The number of para-hydroxylation sites is 1. The minimum absolute atomic E-state index is 0.136. The van der Waals surface area contributed by atoms with Crippen LogP contribution >= 0.6 is 22.7 Å². The molecule has 0 bridgehead atoms. The van der Waals surface area contributed by atoms with E-state index in [9.17, 15) is 0 Å². The van der Waals surface area contributed by atoms with Gasteiger partial charge in [0, 0.05) is 70.4 Å². The van der Waals surface area contributed by atoms with Crippen molar-refractivity contribution >= 4 is 131 Å². The summed E-state index contributed by atoms with van der Waals surface area (Å²) in [7, 11) is 0. The number of hydrogen-bond donors (Lipinski definition) is 0. The summed E-state index contributed by atoms with van der Waals surface area (Å²) in [5, 5.41) is 6.63. The van der Waals surface area contributed by atoms with E-state index in [1.54, 1.807) is 0 Å². The van der Waals surface area contributed by atoms with Crippen molar-refractivity contribution in [1.29, 1.82) is 0 Å². The molecular formula is C44H24BN3S2. The zero-order valence-corrected chi connectivity index (χ0v) is 28.2. The van der Waals surface area contributed by atoms with Gasteiger partial charge < -0.3 is 14.4 Å². The molecule has 230 valence electrons. The fourth-order valence-electron chi connectivity index (χ4n) is 9.44. The number of thiophene rings is 2. The van der Waals surface area contributed by atoms with E-state index in [4.69, 9.17) is 0 Å². The van der Waals surface area contributed by atoms with Crippen molar-refractivity contribution in [3.63, 3.8) is 0 Å². The summed E-state index contributed by atoms with van der Waals surface area (Å²) >= 11 is 3.83. The lowest BCUT2D eigenvalue weighted by atomic mass is 9.36. The van der Waals surface area contributed by atoms with E-state index in [1.807, 2.05) is 22.7 Å². The second-order valence-electron chi connectivity index (χ2n) is 13.6. The monoisotopic (exact) mass is 669 g/mol. The second kappa shape index (κ2) is 9.04. The van der Waals surface area contributed by atoms with E-state index in [2.05, 4.69) is 160 Å². The number of nitrogens with zero attached hydrogens (tertiary/aromatic N) is 3. The van der Waals surface area contributed by atoms with E-state index in [0.29, 0.717) is 0 Å². The maximum Gasteiger partial charge on any atom is 0.275 e. The van der Waals surface area contributed by atoms with Gasteiger partial charge >= 0.3 is 0 Å². The average molecular weight is 670 g/mol. The molecule has 6 heterocycles. The van der Waals surface area contributed by atoms with E-state index in [0.717, 1.165) is 0 Å². The Morgan fingerprint density at radius 2 is 0.940 bits per heavy atom. The van der Waals surface area contributed by atoms with Gasteiger partial charge in [-0.1, -0.05) is 91.0 Å². The van der Waals surface area contributed by atoms with E-state index < -0.39 is 0 Å². The molecule has 10 aromatic rings. The smallest absolute Gasteiger partial charge is 0.275 e. The predicted octanol–water partition coefficient (Wildman–Crippen LogP) is 10.8. The highest BCUT2D eigenvalue weighted by Crippen LogP contribution is 2.52. The Labute approximate surface area is 295 Å². The molecule has 0 amide bonds. The molecule has 50 heavy (non-hydrogen) atoms. The normalized spacial score (nSPS) is 13.9. The maximum atomic E-state index is 2.64. The molecule has 13 rings (SSSR count). The summed E-state index contributed by atoms with van der Waals surface area (Å²) < 4.78 is 7.99. The van der Waals surface area contributed by atoms with Crippen molar-refractivity contribution in [3.8, 4) is 5.69 Å². The van der Waals surface area contributed by atoms with Crippen molar-refractivity contribution in [3.05, 3.63) is 146 Å². The Morgan fingerprint density at radius 3 is 1.70 bits per heavy atom. The first kappa shape index (κ1) is 26.1. The van der Waals surface area contributed by atoms with Gasteiger partial charge in [0.05, 0.1) is 26.3 Å². The third-order valence-electron chi connectivity index (χ3n) is 11.3. The van der Waals surface area contributed by atoms with Gasteiger partial charge in [-0.25, -0.2) is 0 Å². The first-order valence-electron chi connectivity index (χ1n) is 17.2. The molecule has 0 fully saturated rings. The van der Waals surface area contributed by atoms with Crippen LogP contribution in [0.15, 0.2) is 146 Å². The quantitative estimate of drug-likeness (QED) is 0.170. The Hall–Kier alpha value is -5.82. The largest absolute Gasteiger partial charge is 0.319 e. The summed E-state index contributed by atoms with van der Waals surface area (Å²) in [5.74, 6) is 0. The summed E-state index contributed by atoms with van der Waals surface area (Å²) in [6.07, 6.45) is 0. The summed E-state index contributed by atoms with van der Waals surface area (Å²) in [6.45, 7) is 0.136. The minimum atomic E-state index is 0.136. The standard InChI is InChI=1S/C44H24BN3S2/c1-2-11-25(12-3-1)46-31-16-9-17-32-38(31)45-39-33(47(32)35-20-8-15-28-26-13-4-6-21-36(26)49-42(28)35)18-10-19-34(39)48-40-30(41(46)44(45)48)24-23-29-27-14-5-7-22-37(27)50-43(29)40/h1-24H. The van der Waals surface area contributed by atoms with Gasteiger partial charge in [0.1, 0.15) is 0 Å². The highest BCUT2D eigenvalue weighted by atomic mass is 32.1. The minimum Gasteiger partial charge on any atom is -0.319 e. The number of fused-ring (bicyclic) bond motifs is 11. The Morgan fingerprint density at radius 1 is 0.400 bits per heavy atom. The van der Waals surface area contributed by atoms with Crippen molar-refractivity contribution in [1.82, 2.24) is 4.57 Å². The average Bonchev–Trinajstić information content (AvgIpc) is 3.92. The number of benzene rings is 7. The molecule has 3 aliphatic heterocycles. The Balaban J connectivity index is 1.21. The third kappa shape index (κ3) is 2.97. The Bertz CT molecular complexity index is 3130. The van der Waals surface area contributed by atoms with E-state index in [-0.39, 0.29) is 6.71 Å². The fraction of sp³-hybridized carbons (Fsp3) is 0. The van der Waals surface area contributed by atoms with Crippen molar-refractivity contribution in [2.45, 2.75) is 0 Å². The van der Waals surface area contributed by atoms with Crippen molar-refractivity contribution < 1.29 is 0 Å². The van der Waals surface area contributed by atoms with Crippen LogP contribution in [0, 0.1) is 0 Å². The molecule has 3 aromatic heterocycles. The van der Waals surface area contributed by atoms with Crippen molar-refractivity contribution in [2.75, 3.05) is 9.80 Å². The molecule has 7 aromatic carbocycles. The van der Waals surface area contributed by atoms with Crippen LogP contribution < -0.4 is 26.3 Å². The van der Waals surface area contributed by atoms with Gasteiger partial charge in [-0.05, 0) is 65.5 Å². The molecule has 0 atom stereocenters. The van der Waals surface area contributed by atoms with Gasteiger partial charge in [0.15, 0.2) is 0 Å². The fourth-order valence-corrected chi connectivity index (χ4v) is 11.9. The molecule has 0 N–H and O–H groups in total. The van der Waals surface area contributed by atoms with Crippen LogP contribution in [0.3, 0.4) is 0 Å². The lowest BCUT2D eigenvalue weighted by molar-refractivity contribution is 1.19. The van der Waals surface area contributed by atoms with Gasteiger partial charge in [-0.2, -0.15) is 0 Å². The zero-order chi connectivity index (χ0) is 32.2. The zero-order valence-electron chi connectivity index (χ0n) is 26.6. The van der Waals surface area contributed by atoms with Gasteiger partial charge in [0.25, 0.3) is 6.71 Å². The topological polar surface area (TPSA) is 11.4 Å². The molecular weight excluding hydrogens is 645 g/mol. The maximum absolute atomic E-state index is 2.64. The van der Waals surface area contributed by atoms with Gasteiger partial charge in [-0.15, -0.1) is 22.7 Å². The third-order valence-corrected chi connectivity index (χ3v) is 13.7. The van der Waals surface area contributed by atoms with Gasteiger partial charge in [-0.3, -0.25) is 0 Å². The SMILES string of the molecule is c1ccc(N2c3cccc4c3B3c5c(cccc5-n5c3c2c2ccc3c6ccccc6sc3c25)N4c2cccc3c2sc2ccccc23)cc1. The number of rotatable bonds is 2. The molecule has 0 saturated carbocycles. The lowest BCUT2D eigenvalue weighted by Crippen LogP contribution is -2.59. The van der Waals surface area contributed by atoms with Crippen LogP contribution in [-0.2, 0) is 0 Å². The van der Waals surface area contributed by atoms with Crippen LogP contribution in [-0.4, -0.2) is 11.3 Å². The number of anilines is 6. The van der Waals surface area contributed by atoms with Crippen LogP contribution in [0.5, 0.6) is 0 Å². The van der Waals surface area contributed by atoms with Crippen LogP contribution in [0.2, 0.25) is 0 Å². The molecule has 6 heteroatoms. The summed E-state index contributed by atoms with van der Waals surface area (Å²) in [5.41, 5.74) is 14.3. The second-order valence-corrected chi connectivity index (χ2v) is 15.7. The molecule has 0 saturated heterocycles. The summed E-state index contributed by atoms with van der Waals surface area (Å²) in [4.78, 5) is 5.13. The van der Waals surface area contributed by atoms with Gasteiger partial charge in [0.2, 0.25) is 0 Å². The van der Waals surface area contributed by atoms with Crippen LogP contribution in [0.25, 0.3) is 56.9 Å². The van der Waals surface area contributed by atoms with E-state index >= 15 is 0 Å². The van der Waals surface area contributed by atoms with Crippen LogP contribution in [0.1, 0.15) is 0 Å².